The van der Waals surface area contributed by atoms with E-state index in [-0.39, 0.29) is 24.9 Å². The average Bonchev–Trinajstić information content (AvgIpc) is 2.91. The van der Waals surface area contributed by atoms with Crippen LogP contribution in [0, 0.1) is 6.92 Å². The molecule has 2 amide bonds. The molecule has 0 unspecified atom stereocenters. The zero-order valence-corrected chi connectivity index (χ0v) is 26.3. The van der Waals surface area contributed by atoms with Crippen LogP contribution in [0.5, 0.6) is 0 Å². The van der Waals surface area contributed by atoms with Gasteiger partial charge >= 0.3 is 0 Å². The van der Waals surface area contributed by atoms with Gasteiger partial charge < -0.3 is 10.2 Å². The number of hydrogen-bond donors (Lipinski definition) is 1. The Hall–Kier alpha value is -2.88. The molecule has 40 heavy (non-hydrogen) atoms. The second-order valence-electron chi connectivity index (χ2n) is 9.87. The van der Waals surface area contributed by atoms with Crippen LogP contribution in [0.25, 0.3) is 0 Å². The lowest BCUT2D eigenvalue weighted by Gasteiger charge is -2.34. The Morgan fingerprint density at radius 2 is 1.65 bits per heavy atom. The molecule has 0 aliphatic heterocycles. The molecule has 3 rings (SSSR count). The molecule has 1 N–H and O–H groups in total. The van der Waals surface area contributed by atoms with Crippen molar-refractivity contribution in [3.63, 3.8) is 0 Å². The molecule has 3 aromatic carbocycles. The third-order valence-electron chi connectivity index (χ3n) is 6.65. The fourth-order valence-corrected chi connectivity index (χ4v) is 5.39. The molecule has 0 saturated heterocycles. The number of anilines is 1. The summed E-state index contributed by atoms with van der Waals surface area (Å²) in [6.45, 7) is 5.35. The molecule has 0 aromatic heterocycles. The molecule has 7 nitrogen and oxygen atoms in total. The van der Waals surface area contributed by atoms with E-state index in [1.54, 1.807) is 42.5 Å². The highest BCUT2D eigenvalue weighted by atomic mass is 79.9. The van der Waals surface area contributed by atoms with E-state index < -0.39 is 28.5 Å². The van der Waals surface area contributed by atoms with Gasteiger partial charge in [0.2, 0.25) is 21.8 Å². The van der Waals surface area contributed by atoms with Crippen molar-refractivity contribution in [3.8, 4) is 0 Å². The fraction of sp³-hybridized carbons (Fsp3) is 0.333. The first-order valence-corrected chi connectivity index (χ1v) is 16.0. The molecule has 214 valence electrons. The Morgan fingerprint density at radius 3 is 2.23 bits per heavy atom. The fourth-order valence-electron chi connectivity index (χ4n) is 4.18. The third kappa shape index (κ3) is 8.81. The monoisotopic (exact) mass is 647 g/mol. The van der Waals surface area contributed by atoms with Gasteiger partial charge in [0.15, 0.2) is 0 Å². The van der Waals surface area contributed by atoms with Gasteiger partial charge in [0.05, 0.1) is 11.9 Å². The second-order valence-corrected chi connectivity index (χ2v) is 13.1. The minimum Gasteiger partial charge on any atom is -0.352 e. The van der Waals surface area contributed by atoms with Crippen molar-refractivity contribution in [2.24, 2.45) is 0 Å². The molecule has 2 atom stereocenters. The molecule has 0 aliphatic carbocycles. The number of halogens is 2. The van der Waals surface area contributed by atoms with Gasteiger partial charge in [-0.25, -0.2) is 8.42 Å². The summed E-state index contributed by atoms with van der Waals surface area (Å²) in [5.74, 6) is -0.799. The van der Waals surface area contributed by atoms with E-state index in [2.05, 4.69) is 21.2 Å². The number of nitrogens with one attached hydrogen (secondary N) is 1. The Bertz CT molecular complexity index is 1420. The summed E-state index contributed by atoms with van der Waals surface area (Å²) >= 11 is 9.53. The van der Waals surface area contributed by atoms with Crippen molar-refractivity contribution in [2.45, 2.75) is 52.2 Å². The van der Waals surface area contributed by atoms with E-state index >= 15 is 0 Å². The Labute approximate surface area is 250 Å². The maximum atomic E-state index is 14.1. The summed E-state index contributed by atoms with van der Waals surface area (Å²) < 4.78 is 27.7. The minimum absolute atomic E-state index is 0.0956. The van der Waals surface area contributed by atoms with Gasteiger partial charge in [-0.3, -0.25) is 13.9 Å². The van der Waals surface area contributed by atoms with Crippen LogP contribution in [0.3, 0.4) is 0 Å². The van der Waals surface area contributed by atoms with Crippen molar-refractivity contribution in [1.29, 1.82) is 0 Å². The number of benzene rings is 3. The number of sulfonamides is 1. The first-order chi connectivity index (χ1) is 18.9. The van der Waals surface area contributed by atoms with E-state index in [0.717, 1.165) is 38.1 Å². The zero-order valence-electron chi connectivity index (χ0n) is 23.1. The number of hydrogen-bond acceptors (Lipinski definition) is 4. The number of carbonyl (C=O) groups is 2. The van der Waals surface area contributed by atoms with Crippen LogP contribution < -0.4 is 9.62 Å². The minimum atomic E-state index is -3.83. The highest BCUT2D eigenvalue weighted by Gasteiger charge is 2.33. The Morgan fingerprint density at radius 1 is 1.00 bits per heavy atom. The van der Waals surface area contributed by atoms with Crippen molar-refractivity contribution in [1.82, 2.24) is 10.2 Å². The van der Waals surface area contributed by atoms with E-state index in [4.69, 9.17) is 11.6 Å². The van der Waals surface area contributed by atoms with Crippen LogP contribution in [-0.4, -0.2) is 50.0 Å². The van der Waals surface area contributed by atoms with Crippen LogP contribution in [-0.2, 0) is 32.6 Å². The molecule has 0 spiro atoms. The molecule has 3 aromatic rings. The maximum absolute atomic E-state index is 14.1. The summed E-state index contributed by atoms with van der Waals surface area (Å²) in [6.07, 6.45) is 2.05. The van der Waals surface area contributed by atoms with Gasteiger partial charge in [-0.05, 0) is 67.3 Å². The lowest BCUT2D eigenvalue weighted by atomic mass is 10.0. The quantitative estimate of drug-likeness (QED) is 0.272. The average molecular weight is 649 g/mol. The van der Waals surface area contributed by atoms with E-state index in [9.17, 15) is 18.0 Å². The van der Waals surface area contributed by atoms with Gasteiger partial charge in [0, 0.05) is 28.5 Å². The van der Waals surface area contributed by atoms with Crippen molar-refractivity contribution >= 4 is 55.1 Å². The van der Waals surface area contributed by atoms with E-state index in [0.29, 0.717) is 10.7 Å². The van der Waals surface area contributed by atoms with Crippen LogP contribution in [0.4, 0.5) is 5.69 Å². The largest absolute Gasteiger partial charge is 0.352 e. The third-order valence-corrected chi connectivity index (χ3v) is 8.93. The maximum Gasteiger partial charge on any atom is 0.244 e. The van der Waals surface area contributed by atoms with Gasteiger partial charge in [-0.15, -0.1) is 0 Å². The predicted molar refractivity (Wildman–Crippen MR) is 165 cm³/mol. The van der Waals surface area contributed by atoms with E-state index in [1.165, 1.54) is 4.90 Å². The molecule has 0 radical (unpaired) electrons. The highest BCUT2D eigenvalue weighted by Crippen LogP contribution is 2.25. The SMILES string of the molecule is CC[C@@H](C)NC(=O)[C@H](Cc1ccccc1)N(Cc1ccc(Cl)cc1)C(=O)CN(c1ccc(Br)c(C)c1)S(C)(=O)=O. The first kappa shape index (κ1) is 31.6. The van der Waals surface area contributed by atoms with Gasteiger partial charge in [-0.1, -0.05) is 76.9 Å². The Balaban J connectivity index is 2.06. The summed E-state index contributed by atoms with van der Waals surface area (Å²) in [6, 6.07) is 20.6. The summed E-state index contributed by atoms with van der Waals surface area (Å²) in [5.41, 5.74) is 2.83. The zero-order chi connectivity index (χ0) is 29.4. The number of rotatable bonds is 12. The van der Waals surface area contributed by atoms with E-state index in [1.807, 2.05) is 51.1 Å². The molecule has 0 saturated carbocycles. The van der Waals surface area contributed by atoms with Gasteiger partial charge in [0.1, 0.15) is 12.6 Å². The summed E-state index contributed by atoms with van der Waals surface area (Å²) in [5, 5.41) is 3.57. The molecule has 10 heteroatoms. The molecule has 0 fully saturated rings. The molecule has 0 heterocycles. The highest BCUT2D eigenvalue weighted by molar-refractivity contribution is 9.10. The number of aryl methyl sites for hydroxylation is 1. The van der Waals surface area contributed by atoms with Gasteiger partial charge in [0.25, 0.3) is 0 Å². The standard InChI is InChI=1S/C30H35BrClN3O4S/c1-5-22(3)33-30(37)28(18-23-9-7-6-8-10-23)34(19-24-11-13-25(32)14-12-24)29(36)20-35(40(4,38)39)26-15-16-27(31)21(2)17-26/h6-17,22,28H,5,18-20H2,1-4H3,(H,33,37)/t22-,28+/m1/s1. The number of amides is 2. The normalized spacial score (nSPS) is 12.8. The molecular formula is C30H35BrClN3O4S. The summed E-state index contributed by atoms with van der Waals surface area (Å²) in [7, 11) is -3.83. The summed E-state index contributed by atoms with van der Waals surface area (Å²) in [4.78, 5) is 29.2. The van der Waals surface area contributed by atoms with Crippen molar-refractivity contribution in [2.75, 3.05) is 17.1 Å². The van der Waals surface area contributed by atoms with Crippen molar-refractivity contribution in [3.05, 3.63) is 99.0 Å². The Kier molecular flexibility index (Phi) is 11.2. The first-order valence-electron chi connectivity index (χ1n) is 13.0. The molecule has 0 aliphatic rings. The number of nitrogens with zero attached hydrogens (tertiary/aromatic N) is 2. The van der Waals surface area contributed by atoms with Crippen molar-refractivity contribution < 1.29 is 18.0 Å². The van der Waals surface area contributed by atoms with Crippen LogP contribution in [0.1, 0.15) is 37.0 Å². The predicted octanol–water partition coefficient (Wildman–Crippen LogP) is 5.73. The smallest absolute Gasteiger partial charge is 0.244 e. The molecular weight excluding hydrogens is 614 g/mol. The number of carbonyl (C=O) groups excluding carboxylic acids is 2. The van der Waals surface area contributed by atoms with Crippen LogP contribution >= 0.6 is 27.5 Å². The lowest BCUT2D eigenvalue weighted by Crippen LogP contribution is -2.54. The van der Waals surface area contributed by atoms with Crippen LogP contribution in [0.2, 0.25) is 5.02 Å². The van der Waals surface area contributed by atoms with Crippen LogP contribution in [0.15, 0.2) is 77.3 Å². The molecule has 0 bridgehead atoms. The van der Waals surface area contributed by atoms with Gasteiger partial charge in [-0.2, -0.15) is 0 Å². The second kappa shape index (κ2) is 14.1. The topological polar surface area (TPSA) is 86.8 Å². The lowest BCUT2D eigenvalue weighted by molar-refractivity contribution is -0.140.